The summed E-state index contributed by atoms with van der Waals surface area (Å²) in [6.45, 7) is 2.80. The SMILES string of the molecule is CN1CCC(C2=CCCC=C2)(c2cc(CCCOc3ccc(CCBr)cc3)ccc2O)CC1. The van der Waals surface area contributed by atoms with Crippen LogP contribution in [0.15, 0.2) is 66.3 Å². The van der Waals surface area contributed by atoms with Gasteiger partial charge >= 0.3 is 0 Å². The molecule has 4 rings (SSSR count). The van der Waals surface area contributed by atoms with Gasteiger partial charge in [0.15, 0.2) is 0 Å². The molecule has 33 heavy (non-hydrogen) atoms. The normalized spacial score (nSPS) is 18.2. The monoisotopic (exact) mass is 509 g/mol. The van der Waals surface area contributed by atoms with E-state index in [1.165, 1.54) is 16.7 Å². The second-order valence-electron chi connectivity index (χ2n) is 9.41. The Balaban J connectivity index is 1.44. The molecular formula is C29H36BrNO2. The molecule has 2 aromatic carbocycles. The Bertz CT molecular complexity index is 972. The van der Waals surface area contributed by atoms with Crippen LogP contribution in [-0.2, 0) is 18.3 Å². The largest absolute Gasteiger partial charge is 0.508 e. The first-order valence-electron chi connectivity index (χ1n) is 12.3. The molecule has 0 atom stereocenters. The molecule has 0 radical (unpaired) electrons. The third-order valence-electron chi connectivity index (χ3n) is 7.15. The number of nitrogens with zero attached hydrogens (tertiary/aromatic N) is 1. The summed E-state index contributed by atoms with van der Waals surface area (Å²) in [6, 6.07) is 14.6. The van der Waals surface area contributed by atoms with Gasteiger partial charge in [-0.15, -0.1) is 0 Å². The average Bonchev–Trinajstić information content (AvgIpc) is 2.85. The van der Waals surface area contributed by atoms with Crippen molar-refractivity contribution in [1.29, 1.82) is 0 Å². The van der Waals surface area contributed by atoms with Crippen LogP contribution in [-0.4, -0.2) is 42.1 Å². The number of aryl methyl sites for hydroxylation is 2. The molecular weight excluding hydrogens is 474 g/mol. The van der Waals surface area contributed by atoms with Crippen molar-refractivity contribution in [2.24, 2.45) is 0 Å². The molecule has 0 spiro atoms. The zero-order valence-electron chi connectivity index (χ0n) is 19.7. The van der Waals surface area contributed by atoms with Crippen molar-refractivity contribution in [3.63, 3.8) is 0 Å². The number of hydrogen-bond donors (Lipinski definition) is 1. The smallest absolute Gasteiger partial charge is 0.119 e. The highest BCUT2D eigenvalue weighted by atomic mass is 79.9. The van der Waals surface area contributed by atoms with E-state index < -0.39 is 0 Å². The van der Waals surface area contributed by atoms with E-state index in [9.17, 15) is 5.11 Å². The van der Waals surface area contributed by atoms with Crippen LogP contribution < -0.4 is 4.74 Å². The van der Waals surface area contributed by atoms with Crippen LogP contribution >= 0.6 is 15.9 Å². The van der Waals surface area contributed by atoms with E-state index in [4.69, 9.17) is 4.74 Å². The van der Waals surface area contributed by atoms with Gasteiger partial charge in [0.05, 0.1) is 6.61 Å². The fraction of sp³-hybridized carbons (Fsp3) is 0.448. The zero-order chi connectivity index (χ0) is 23.1. The molecule has 2 aromatic rings. The number of aromatic hydroxyl groups is 1. The average molecular weight is 511 g/mol. The predicted octanol–water partition coefficient (Wildman–Crippen LogP) is 6.58. The van der Waals surface area contributed by atoms with Crippen molar-refractivity contribution in [1.82, 2.24) is 4.90 Å². The molecule has 1 aliphatic heterocycles. The molecule has 1 saturated heterocycles. The van der Waals surface area contributed by atoms with Crippen molar-refractivity contribution in [2.75, 3.05) is 32.1 Å². The second-order valence-corrected chi connectivity index (χ2v) is 10.2. The summed E-state index contributed by atoms with van der Waals surface area (Å²) < 4.78 is 5.97. The maximum Gasteiger partial charge on any atom is 0.119 e. The molecule has 0 aromatic heterocycles. The maximum atomic E-state index is 10.9. The van der Waals surface area contributed by atoms with Gasteiger partial charge in [-0.05, 0) is 100.0 Å². The number of allylic oxidation sites excluding steroid dienone is 4. The number of phenolic OH excluding ortho intramolecular Hbond substituents is 1. The minimum absolute atomic E-state index is 0.0864. The molecule has 0 bridgehead atoms. The highest BCUT2D eigenvalue weighted by Crippen LogP contribution is 2.47. The van der Waals surface area contributed by atoms with E-state index in [0.29, 0.717) is 12.4 Å². The molecule has 4 heteroatoms. The summed E-state index contributed by atoms with van der Waals surface area (Å²) in [5.74, 6) is 1.36. The van der Waals surface area contributed by atoms with E-state index >= 15 is 0 Å². The van der Waals surface area contributed by atoms with E-state index in [0.717, 1.165) is 74.7 Å². The third-order valence-corrected chi connectivity index (χ3v) is 7.55. The van der Waals surface area contributed by atoms with Crippen molar-refractivity contribution in [3.05, 3.63) is 83.0 Å². The zero-order valence-corrected chi connectivity index (χ0v) is 21.3. The summed E-state index contributed by atoms with van der Waals surface area (Å²) >= 11 is 3.49. The molecule has 1 heterocycles. The molecule has 1 N–H and O–H groups in total. The molecule has 0 amide bonds. The number of rotatable bonds is 9. The highest BCUT2D eigenvalue weighted by Gasteiger charge is 2.40. The lowest BCUT2D eigenvalue weighted by molar-refractivity contribution is 0.209. The lowest BCUT2D eigenvalue weighted by atomic mass is 9.66. The second kappa shape index (κ2) is 11.4. The summed E-state index contributed by atoms with van der Waals surface area (Å²) in [4.78, 5) is 2.40. The first kappa shape index (κ1) is 24.1. The van der Waals surface area contributed by atoms with Gasteiger partial charge in [0.1, 0.15) is 11.5 Å². The van der Waals surface area contributed by atoms with Crippen LogP contribution in [0.5, 0.6) is 11.5 Å². The lowest BCUT2D eigenvalue weighted by Crippen LogP contribution is -2.42. The Morgan fingerprint density at radius 2 is 1.76 bits per heavy atom. The Kier molecular flexibility index (Phi) is 8.32. The fourth-order valence-corrected chi connectivity index (χ4v) is 5.59. The Hall–Kier alpha value is -2.04. The Morgan fingerprint density at radius 3 is 2.45 bits per heavy atom. The molecule has 176 valence electrons. The maximum absolute atomic E-state index is 10.9. The molecule has 3 nitrogen and oxygen atoms in total. The molecule has 0 unspecified atom stereocenters. The number of alkyl halides is 1. The summed E-state index contributed by atoms with van der Waals surface area (Å²) in [5, 5.41) is 11.9. The summed E-state index contributed by atoms with van der Waals surface area (Å²) in [6.07, 6.45) is 14.2. The van der Waals surface area contributed by atoms with Crippen LogP contribution in [0.3, 0.4) is 0 Å². The first-order chi connectivity index (χ1) is 16.1. The highest BCUT2D eigenvalue weighted by molar-refractivity contribution is 9.09. The van der Waals surface area contributed by atoms with Crippen molar-refractivity contribution in [2.45, 2.75) is 50.4 Å². The topological polar surface area (TPSA) is 32.7 Å². The Labute approximate surface area is 207 Å². The van der Waals surface area contributed by atoms with Crippen LogP contribution in [0, 0.1) is 0 Å². The van der Waals surface area contributed by atoms with Crippen LogP contribution in [0.4, 0.5) is 0 Å². The van der Waals surface area contributed by atoms with E-state index in [1.807, 2.05) is 6.07 Å². The van der Waals surface area contributed by atoms with Gasteiger partial charge in [0, 0.05) is 16.3 Å². The van der Waals surface area contributed by atoms with E-state index in [2.05, 4.69) is 82.5 Å². The quantitative estimate of drug-likeness (QED) is 0.306. The number of phenols is 1. The van der Waals surface area contributed by atoms with Crippen molar-refractivity contribution < 1.29 is 9.84 Å². The molecule has 0 saturated carbocycles. The number of ether oxygens (including phenoxy) is 1. The van der Waals surface area contributed by atoms with Gasteiger partial charge in [-0.3, -0.25) is 0 Å². The number of piperidine rings is 1. The van der Waals surface area contributed by atoms with E-state index in [1.54, 1.807) is 0 Å². The standard InChI is InChI=1S/C29H36BrNO2/c1-31-19-16-29(17-20-31,25-7-3-2-4-8-25)27-22-24(11-14-28(27)32)6-5-21-33-26-12-9-23(10-13-26)15-18-30/h3,7-14,22,32H,2,4-6,15-21H2,1H3. The van der Waals surface area contributed by atoms with Gasteiger partial charge in [-0.25, -0.2) is 0 Å². The van der Waals surface area contributed by atoms with Crippen LogP contribution in [0.1, 0.15) is 48.8 Å². The number of benzene rings is 2. The van der Waals surface area contributed by atoms with Gasteiger partial charge in [0.2, 0.25) is 0 Å². The third kappa shape index (κ3) is 5.91. The Morgan fingerprint density at radius 1 is 1.00 bits per heavy atom. The van der Waals surface area contributed by atoms with Gasteiger partial charge in [-0.2, -0.15) is 0 Å². The van der Waals surface area contributed by atoms with Crippen molar-refractivity contribution in [3.8, 4) is 11.5 Å². The van der Waals surface area contributed by atoms with Gasteiger partial charge in [0.25, 0.3) is 0 Å². The number of hydrogen-bond acceptors (Lipinski definition) is 3. The van der Waals surface area contributed by atoms with E-state index in [-0.39, 0.29) is 5.41 Å². The first-order valence-corrected chi connectivity index (χ1v) is 13.4. The van der Waals surface area contributed by atoms with Crippen LogP contribution in [0.25, 0.3) is 0 Å². The molecule has 2 aliphatic rings. The number of halogens is 1. The predicted molar refractivity (Wildman–Crippen MR) is 141 cm³/mol. The van der Waals surface area contributed by atoms with Crippen molar-refractivity contribution >= 4 is 15.9 Å². The number of likely N-dealkylation sites (tertiary alicyclic amines) is 1. The fourth-order valence-electron chi connectivity index (χ4n) is 5.13. The minimum Gasteiger partial charge on any atom is -0.508 e. The summed E-state index contributed by atoms with van der Waals surface area (Å²) in [7, 11) is 2.19. The van der Waals surface area contributed by atoms with Crippen LogP contribution in [0.2, 0.25) is 0 Å². The molecule has 1 fully saturated rings. The van der Waals surface area contributed by atoms with Gasteiger partial charge < -0.3 is 14.7 Å². The van der Waals surface area contributed by atoms with Gasteiger partial charge in [-0.1, -0.05) is 58.4 Å². The summed E-state index contributed by atoms with van der Waals surface area (Å²) in [5.41, 5.74) is 5.01. The minimum atomic E-state index is -0.0864. The lowest BCUT2D eigenvalue weighted by Gasteiger charge is -2.43. The molecule has 1 aliphatic carbocycles.